The van der Waals surface area contributed by atoms with Gasteiger partial charge in [0.2, 0.25) is 0 Å². The standard InChI is InChI=1S/C14H21N3S/c1-11-8-9-13(15-10-11)17-14(18)16-12-6-4-2-3-5-7-12/h8-10,12H,2-7H2,1H3,(H2,15,16,17,18). The number of pyridine rings is 1. The molecule has 98 valence electrons. The molecule has 0 unspecified atom stereocenters. The predicted molar refractivity (Wildman–Crippen MR) is 79.8 cm³/mol. The van der Waals surface area contributed by atoms with Gasteiger partial charge in [-0.3, -0.25) is 0 Å². The molecule has 1 aromatic heterocycles. The number of hydrogen-bond donors (Lipinski definition) is 2. The molecule has 2 rings (SSSR count). The SMILES string of the molecule is Cc1ccc(NC(=S)NC2CCCCCC2)nc1. The molecule has 1 fully saturated rings. The first kappa shape index (κ1) is 13.3. The number of rotatable bonds is 2. The molecule has 0 atom stereocenters. The zero-order valence-electron chi connectivity index (χ0n) is 10.9. The Morgan fingerprint density at radius 2 is 1.94 bits per heavy atom. The third kappa shape index (κ3) is 4.26. The van der Waals surface area contributed by atoms with Crippen LogP contribution in [0.2, 0.25) is 0 Å². The number of aryl methyl sites for hydroxylation is 1. The van der Waals surface area contributed by atoms with Gasteiger partial charge in [0.25, 0.3) is 0 Å². The molecule has 1 aliphatic rings. The second-order valence-electron chi connectivity index (χ2n) is 5.01. The zero-order valence-corrected chi connectivity index (χ0v) is 11.7. The van der Waals surface area contributed by atoms with Crippen LogP contribution in [0.15, 0.2) is 18.3 Å². The molecular weight excluding hydrogens is 242 g/mol. The Morgan fingerprint density at radius 3 is 2.56 bits per heavy atom. The van der Waals surface area contributed by atoms with E-state index in [1.807, 2.05) is 25.3 Å². The summed E-state index contributed by atoms with van der Waals surface area (Å²) >= 11 is 5.33. The lowest BCUT2D eigenvalue weighted by molar-refractivity contribution is 0.535. The van der Waals surface area contributed by atoms with E-state index in [0.29, 0.717) is 11.2 Å². The van der Waals surface area contributed by atoms with Crippen LogP contribution in [-0.2, 0) is 0 Å². The van der Waals surface area contributed by atoms with Crippen molar-refractivity contribution >= 4 is 23.1 Å². The smallest absolute Gasteiger partial charge is 0.172 e. The number of thiocarbonyl (C=S) groups is 1. The molecule has 4 heteroatoms. The van der Waals surface area contributed by atoms with Gasteiger partial charge in [0.05, 0.1) is 0 Å². The maximum Gasteiger partial charge on any atom is 0.172 e. The van der Waals surface area contributed by atoms with E-state index in [1.165, 1.54) is 38.5 Å². The van der Waals surface area contributed by atoms with E-state index in [2.05, 4.69) is 15.6 Å². The molecule has 1 aliphatic carbocycles. The summed E-state index contributed by atoms with van der Waals surface area (Å²) in [5.74, 6) is 0.812. The first-order valence-corrected chi connectivity index (χ1v) is 7.15. The van der Waals surface area contributed by atoms with Crippen LogP contribution in [0.25, 0.3) is 0 Å². The number of aromatic nitrogens is 1. The summed E-state index contributed by atoms with van der Waals surface area (Å²) in [4.78, 5) is 4.29. The molecule has 0 aliphatic heterocycles. The van der Waals surface area contributed by atoms with Crippen LogP contribution < -0.4 is 10.6 Å². The minimum Gasteiger partial charge on any atom is -0.360 e. The first-order chi connectivity index (χ1) is 8.74. The molecule has 0 bridgehead atoms. The van der Waals surface area contributed by atoms with Crippen molar-refractivity contribution in [2.75, 3.05) is 5.32 Å². The lowest BCUT2D eigenvalue weighted by Crippen LogP contribution is -2.37. The van der Waals surface area contributed by atoms with Crippen molar-refractivity contribution in [1.82, 2.24) is 10.3 Å². The van der Waals surface area contributed by atoms with Crippen LogP contribution in [-0.4, -0.2) is 16.1 Å². The van der Waals surface area contributed by atoms with E-state index in [-0.39, 0.29) is 0 Å². The zero-order chi connectivity index (χ0) is 12.8. The molecule has 2 N–H and O–H groups in total. The Balaban J connectivity index is 1.82. The van der Waals surface area contributed by atoms with Gasteiger partial charge in [-0.2, -0.15) is 0 Å². The average molecular weight is 263 g/mol. The third-order valence-corrected chi connectivity index (χ3v) is 3.56. The number of anilines is 1. The van der Waals surface area contributed by atoms with E-state index in [9.17, 15) is 0 Å². The fourth-order valence-electron chi connectivity index (χ4n) is 2.30. The minimum absolute atomic E-state index is 0.526. The van der Waals surface area contributed by atoms with Gasteiger partial charge in [-0.1, -0.05) is 31.7 Å². The second-order valence-corrected chi connectivity index (χ2v) is 5.42. The maximum atomic E-state index is 5.33. The highest BCUT2D eigenvalue weighted by molar-refractivity contribution is 7.80. The molecule has 0 spiro atoms. The molecule has 0 saturated heterocycles. The van der Waals surface area contributed by atoms with E-state index < -0.39 is 0 Å². The van der Waals surface area contributed by atoms with Crippen molar-refractivity contribution in [2.45, 2.75) is 51.5 Å². The summed E-state index contributed by atoms with van der Waals surface area (Å²) < 4.78 is 0. The van der Waals surface area contributed by atoms with Crippen LogP contribution >= 0.6 is 12.2 Å². The Kier molecular flexibility index (Phi) is 4.93. The van der Waals surface area contributed by atoms with Crippen LogP contribution in [0.3, 0.4) is 0 Å². The van der Waals surface area contributed by atoms with Crippen LogP contribution in [0.1, 0.15) is 44.1 Å². The van der Waals surface area contributed by atoms with E-state index in [1.54, 1.807) is 0 Å². The highest BCUT2D eigenvalue weighted by Gasteiger charge is 2.12. The van der Waals surface area contributed by atoms with Gasteiger partial charge in [-0.25, -0.2) is 4.98 Å². The Bertz CT molecular complexity index is 381. The average Bonchev–Trinajstić information content (AvgIpc) is 2.61. The molecule has 1 heterocycles. The van der Waals surface area contributed by atoms with Gasteiger partial charge < -0.3 is 10.6 Å². The lowest BCUT2D eigenvalue weighted by atomic mass is 10.1. The van der Waals surface area contributed by atoms with Crippen molar-refractivity contribution < 1.29 is 0 Å². The molecule has 1 aromatic rings. The number of nitrogens with zero attached hydrogens (tertiary/aromatic N) is 1. The molecule has 0 aromatic carbocycles. The van der Waals surface area contributed by atoms with E-state index in [4.69, 9.17) is 12.2 Å². The summed E-state index contributed by atoms with van der Waals surface area (Å²) in [7, 11) is 0. The van der Waals surface area contributed by atoms with Crippen molar-refractivity contribution in [3.05, 3.63) is 23.9 Å². The topological polar surface area (TPSA) is 37.0 Å². The summed E-state index contributed by atoms with van der Waals surface area (Å²) in [6, 6.07) is 4.51. The molecule has 3 nitrogen and oxygen atoms in total. The van der Waals surface area contributed by atoms with Crippen molar-refractivity contribution in [3.63, 3.8) is 0 Å². The van der Waals surface area contributed by atoms with Crippen molar-refractivity contribution in [3.8, 4) is 0 Å². The fourth-order valence-corrected chi connectivity index (χ4v) is 2.57. The number of nitrogens with one attached hydrogen (secondary N) is 2. The van der Waals surface area contributed by atoms with Gasteiger partial charge >= 0.3 is 0 Å². The van der Waals surface area contributed by atoms with Crippen molar-refractivity contribution in [1.29, 1.82) is 0 Å². The van der Waals surface area contributed by atoms with Gasteiger partial charge in [-0.05, 0) is 43.6 Å². The monoisotopic (exact) mass is 263 g/mol. The third-order valence-electron chi connectivity index (χ3n) is 3.34. The summed E-state index contributed by atoms with van der Waals surface area (Å²) in [6.45, 7) is 2.03. The lowest BCUT2D eigenvalue weighted by Gasteiger charge is -2.18. The summed E-state index contributed by atoms with van der Waals surface area (Å²) in [5.41, 5.74) is 1.16. The predicted octanol–water partition coefficient (Wildman–Crippen LogP) is 3.40. The van der Waals surface area contributed by atoms with Crippen LogP contribution in [0.5, 0.6) is 0 Å². The highest BCUT2D eigenvalue weighted by atomic mass is 32.1. The molecule has 18 heavy (non-hydrogen) atoms. The molecule has 0 radical (unpaired) electrons. The Morgan fingerprint density at radius 1 is 1.22 bits per heavy atom. The van der Waals surface area contributed by atoms with Gasteiger partial charge in [0.1, 0.15) is 5.82 Å². The maximum absolute atomic E-state index is 5.33. The molecule has 0 amide bonds. The largest absolute Gasteiger partial charge is 0.360 e. The van der Waals surface area contributed by atoms with Gasteiger partial charge in [0.15, 0.2) is 5.11 Å². The van der Waals surface area contributed by atoms with Crippen molar-refractivity contribution in [2.24, 2.45) is 0 Å². The van der Waals surface area contributed by atoms with Gasteiger partial charge in [-0.15, -0.1) is 0 Å². The molecular formula is C14H21N3S. The van der Waals surface area contributed by atoms with E-state index >= 15 is 0 Å². The normalized spacial score (nSPS) is 16.9. The second kappa shape index (κ2) is 6.69. The van der Waals surface area contributed by atoms with Gasteiger partial charge in [0, 0.05) is 12.2 Å². The van der Waals surface area contributed by atoms with Crippen LogP contribution in [0.4, 0.5) is 5.82 Å². The first-order valence-electron chi connectivity index (χ1n) is 6.74. The minimum atomic E-state index is 0.526. The van der Waals surface area contributed by atoms with E-state index in [0.717, 1.165) is 11.4 Å². The highest BCUT2D eigenvalue weighted by Crippen LogP contribution is 2.17. The summed E-state index contributed by atoms with van der Waals surface area (Å²) in [5, 5.41) is 7.24. The van der Waals surface area contributed by atoms with Crippen LogP contribution in [0, 0.1) is 6.92 Å². The quantitative estimate of drug-likeness (QED) is 0.633. The number of hydrogen-bond acceptors (Lipinski definition) is 2. The summed E-state index contributed by atoms with van der Waals surface area (Å²) in [6.07, 6.45) is 9.63. The Hall–Kier alpha value is -1.16. The fraction of sp³-hybridized carbons (Fsp3) is 0.571. The molecule has 1 saturated carbocycles. The Labute approximate surface area is 114 Å².